The molecule has 0 radical (unpaired) electrons. The van der Waals surface area contributed by atoms with E-state index >= 15 is 0 Å². The minimum absolute atomic E-state index is 0.0170. The number of ether oxygens (including phenoxy) is 2. The maximum absolute atomic E-state index is 12.5. The molecule has 1 atom stereocenters. The molecule has 0 saturated heterocycles. The van der Waals surface area contributed by atoms with Gasteiger partial charge >= 0.3 is 5.97 Å². The van der Waals surface area contributed by atoms with Crippen LogP contribution in [0.4, 0.5) is 5.69 Å². The molecule has 1 unspecified atom stereocenters. The van der Waals surface area contributed by atoms with Gasteiger partial charge in [0.15, 0.2) is 11.5 Å². The fourth-order valence-corrected chi connectivity index (χ4v) is 5.82. The van der Waals surface area contributed by atoms with Crippen LogP contribution in [-0.4, -0.2) is 23.3 Å². The molecule has 166 valence electrons. The van der Waals surface area contributed by atoms with Gasteiger partial charge in [-0.15, -0.1) is 6.42 Å². The van der Waals surface area contributed by atoms with Gasteiger partial charge < -0.3 is 9.47 Å². The van der Waals surface area contributed by atoms with Gasteiger partial charge in [0.1, 0.15) is 17.1 Å². The van der Waals surface area contributed by atoms with Crippen LogP contribution in [0.1, 0.15) is 37.0 Å². The van der Waals surface area contributed by atoms with E-state index in [0.29, 0.717) is 11.3 Å². The number of allylic oxidation sites excluding steroid dienone is 2. The fraction of sp³-hybridized carbons (Fsp3) is 0.320. The van der Waals surface area contributed by atoms with Crippen molar-refractivity contribution in [1.82, 2.24) is 0 Å². The molecule has 6 nitrogen and oxygen atoms in total. The first-order valence-electron chi connectivity index (χ1n) is 10.2. The summed E-state index contributed by atoms with van der Waals surface area (Å²) in [5, 5.41) is 10.8. The zero-order chi connectivity index (χ0) is 23.5. The lowest BCUT2D eigenvalue weighted by Gasteiger charge is -2.25. The highest BCUT2D eigenvalue weighted by Gasteiger charge is 2.32. The highest BCUT2D eigenvalue weighted by Crippen LogP contribution is 2.34. The number of rotatable bonds is 7. The Kier molecular flexibility index (Phi) is 6.95. The molecule has 7 heteroatoms. The van der Waals surface area contributed by atoms with E-state index in [1.165, 1.54) is 17.0 Å². The van der Waals surface area contributed by atoms with Crippen LogP contribution < -0.4 is 4.74 Å². The van der Waals surface area contributed by atoms with Crippen molar-refractivity contribution in [2.75, 3.05) is 12.4 Å². The van der Waals surface area contributed by atoms with Crippen LogP contribution in [0.15, 0.2) is 52.3 Å². The summed E-state index contributed by atoms with van der Waals surface area (Å²) >= 11 is 0. The number of terminal acetylenes is 1. The summed E-state index contributed by atoms with van der Waals surface area (Å²) in [4.78, 5) is 25.1. The van der Waals surface area contributed by atoms with Gasteiger partial charge in [0, 0.05) is 30.7 Å². The van der Waals surface area contributed by atoms with Crippen molar-refractivity contribution >= 4 is 22.6 Å². The summed E-state index contributed by atoms with van der Waals surface area (Å²) in [6.07, 6.45) is 8.77. The van der Waals surface area contributed by atoms with Gasteiger partial charge in [-0.25, -0.2) is 4.79 Å². The topological polar surface area (TPSA) is 78.7 Å². The quantitative estimate of drug-likeness (QED) is 0.195. The van der Waals surface area contributed by atoms with Crippen molar-refractivity contribution in [2.45, 2.75) is 44.6 Å². The molecule has 0 fully saturated rings. The van der Waals surface area contributed by atoms with Crippen molar-refractivity contribution in [3.05, 3.63) is 74.2 Å². The molecule has 1 aliphatic heterocycles. The second-order valence-electron chi connectivity index (χ2n) is 8.06. The van der Waals surface area contributed by atoms with E-state index in [2.05, 4.69) is 24.1 Å². The number of hydrogen-bond donors (Lipinski definition) is 0. The molecule has 0 aliphatic carbocycles. The first kappa shape index (κ1) is 23.4. The Bertz CT molecular complexity index is 1090. The van der Waals surface area contributed by atoms with E-state index in [1.807, 2.05) is 13.8 Å². The van der Waals surface area contributed by atoms with E-state index in [-0.39, 0.29) is 23.2 Å². The van der Waals surface area contributed by atoms with Crippen LogP contribution in [0.3, 0.4) is 0 Å². The third-order valence-corrected chi connectivity index (χ3v) is 7.52. The third-order valence-electron chi connectivity index (χ3n) is 5.25. The molecule has 0 N–H and O–H groups in total. The Morgan fingerprint density at radius 1 is 1.22 bits per heavy atom. The molecule has 0 saturated carbocycles. The van der Waals surface area contributed by atoms with E-state index in [4.69, 9.17) is 15.9 Å². The minimum atomic E-state index is -0.953. The normalized spacial score (nSPS) is 15.6. The van der Waals surface area contributed by atoms with Gasteiger partial charge in [-0.05, 0) is 68.5 Å². The lowest BCUT2D eigenvalue weighted by atomic mass is 9.98. The monoisotopic (exact) mass is 452 g/mol. The van der Waals surface area contributed by atoms with Crippen LogP contribution in [0, 0.1) is 36.3 Å². The molecule has 0 bridgehead atoms. The molecule has 1 heterocycles. The Labute approximate surface area is 191 Å². The van der Waals surface area contributed by atoms with Crippen molar-refractivity contribution in [3.63, 3.8) is 0 Å². The predicted molar refractivity (Wildman–Crippen MR) is 126 cm³/mol. The number of hydrogen-bond acceptors (Lipinski definition) is 5. The van der Waals surface area contributed by atoms with E-state index in [0.717, 1.165) is 28.2 Å². The first-order chi connectivity index (χ1) is 15.1. The van der Waals surface area contributed by atoms with E-state index in [1.54, 1.807) is 26.0 Å². The number of nitro groups is 1. The Hall–Kier alpha value is -3.24. The van der Waals surface area contributed by atoms with Crippen LogP contribution in [0.5, 0.6) is 5.75 Å². The molecule has 3 rings (SSSR count). The molecule has 1 aliphatic rings. The van der Waals surface area contributed by atoms with Crippen molar-refractivity contribution in [3.8, 4) is 18.1 Å². The SMILES string of the molecule is C#CC1=CCC[S+]1c1cc(C)c(OCC(=O)OC(C)(C)c2ccc([N+](=O)[O-])cc2)c(C)c1. The Balaban J connectivity index is 1.66. The number of carbonyl (C=O) groups excluding carboxylic acids is 1. The second-order valence-corrected chi connectivity index (χ2v) is 10.2. The maximum Gasteiger partial charge on any atom is 0.345 e. The highest BCUT2D eigenvalue weighted by atomic mass is 32.2. The molecule has 32 heavy (non-hydrogen) atoms. The molecule has 0 amide bonds. The number of non-ortho nitro benzene ring substituents is 1. The number of carbonyl (C=O) groups is 1. The molecule has 0 spiro atoms. The Morgan fingerprint density at radius 2 is 1.84 bits per heavy atom. The fourth-order valence-electron chi connectivity index (χ4n) is 3.66. The average Bonchev–Trinajstić information content (AvgIpc) is 3.21. The average molecular weight is 453 g/mol. The highest BCUT2D eigenvalue weighted by molar-refractivity contribution is 8.01. The molecular weight excluding hydrogens is 426 g/mol. The largest absolute Gasteiger partial charge is 0.481 e. The van der Waals surface area contributed by atoms with Crippen molar-refractivity contribution < 1.29 is 19.2 Å². The maximum atomic E-state index is 12.5. The summed E-state index contributed by atoms with van der Waals surface area (Å²) in [6.45, 7) is 7.14. The molecule has 2 aromatic rings. The summed E-state index contributed by atoms with van der Waals surface area (Å²) in [5.74, 6) is 3.97. The van der Waals surface area contributed by atoms with Gasteiger partial charge in [-0.3, -0.25) is 10.1 Å². The Morgan fingerprint density at radius 3 is 2.41 bits per heavy atom. The summed E-state index contributed by atoms with van der Waals surface area (Å²) in [7, 11) is -0.0737. The lowest BCUT2D eigenvalue weighted by Crippen LogP contribution is -2.28. The molecular formula is C25H26NO5S+. The van der Waals surface area contributed by atoms with Gasteiger partial charge in [0.25, 0.3) is 5.69 Å². The van der Waals surface area contributed by atoms with E-state index in [9.17, 15) is 14.9 Å². The van der Waals surface area contributed by atoms with E-state index < -0.39 is 16.5 Å². The number of benzene rings is 2. The number of aryl methyl sites for hydroxylation is 2. The summed E-state index contributed by atoms with van der Waals surface area (Å²) < 4.78 is 11.4. The second kappa shape index (κ2) is 9.49. The first-order valence-corrected chi connectivity index (χ1v) is 11.6. The standard InChI is InChI=1S/C25H26NO5S/c1-6-21-8-7-13-32(21)22-14-17(2)24(18(3)15-22)30-16-23(27)31-25(4,5)19-9-11-20(12-10-19)26(28)29/h1,8-12,14-15H,7,13,16H2,2-5H3/q+1. The van der Waals surface area contributed by atoms with Crippen LogP contribution in [0.25, 0.3) is 0 Å². The van der Waals surface area contributed by atoms with Gasteiger partial charge in [0.05, 0.1) is 15.8 Å². The van der Waals surface area contributed by atoms with Gasteiger partial charge in [-0.2, -0.15) is 0 Å². The van der Waals surface area contributed by atoms with Crippen molar-refractivity contribution in [2.24, 2.45) is 0 Å². The summed E-state index contributed by atoms with van der Waals surface area (Å²) in [5.41, 5.74) is 1.57. The van der Waals surface area contributed by atoms with Crippen LogP contribution in [-0.2, 0) is 26.0 Å². The molecule has 0 aromatic heterocycles. The van der Waals surface area contributed by atoms with Crippen LogP contribution in [0.2, 0.25) is 0 Å². The number of esters is 1. The van der Waals surface area contributed by atoms with Crippen LogP contribution >= 0.6 is 0 Å². The van der Waals surface area contributed by atoms with Crippen molar-refractivity contribution in [1.29, 1.82) is 0 Å². The lowest BCUT2D eigenvalue weighted by molar-refractivity contribution is -0.384. The zero-order valence-electron chi connectivity index (χ0n) is 18.6. The van der Waals surface area contributed by atoms with Gasteiger partial charge in [-0.1, -0.05) is 0 Å². The predicted octanol–water partition coefficient (Wildman–Crippen LogP) is 4.97. The number of nitro benzene ring substituents is 1. The third kappa shape index (κ3) is 5.14. The number of nitrogens with zero attached hydrogens (tertiary/aromatic N) is 1. The molecule has 2 aromatic carbocycles. The minimum Gasteiger partial charge on any atom is -0.481 e. The summed E-state index contributed by atoms with van der Waals surface area (Å²) in [6, 6.07) is 10.1. The zero-order valence-corrected chi connectivity index (χ0v) is 19.5. The smallest absolute Gasteiger partial charge is 0.345 e. The van der Waals surface area contributed by atoms with Gasteiger partial charge in [0.2, 0.25) is 4.91 Å².